The van der Waals surface area contributed by atoms with Crippen molar-refractivity contribution in [2.75, 3.05) is 13.1 Å². The van der Waals surface area contributed by atoms with E-state index in [0.717, 1.165) is 37.1 Å². The number of halogens is 1. The van der Waals surface area contributed by atoms with Crippen LogP contribution in [-0.2, 0) is 20.0 Å². The van der Waals surface area contributed by atoms with Gasteiger partial charge in [-0.15, -0.1) is 45.5 Å². The van der Waals surface area contributed by atoms with Gasteiger partial charge in [-0.2, -0.15) is 0 Å². The van der Waals surface area contributed by atoms with Crippen LogP contribution in [0.1, 0.15) is 44.2 Å². The van der Waals surface area contributed by atoms with E-state index in [1.54, 1.807) is 11.3 Å². The van der Waals surface area contributed by atoms with Crippen molar-refractivity contribution in [2.24, 2.45) is 17.5 Å². The second-order valence-corrected chi connectivity index (χ2v) is 9.18. The maximum absolute atomic E-state index is 4.88. The summed E-state index contributed by atoms with van der Waals surface area (Å²) in [6, 6.07) is 4.29. The third-order valence-electron chi connectivity index (χ3n) is 5.93. The summed E-state index contributed by atoms with van der Waals surface area (Å²) < 4.78 is 2.00. The van der Waals surface area contributed by atoms with Crippen LogP contribution in [0.4, 0.5) is 0 Å². The van der Waals surface area contributed by atoms with Crippen molar-refractivity contribution in [1.82, 2.24) is 25.0 Å². The molecule has 0 amide bonds. The Hall–Kier alpha value is -1.16. The Bertz CT molecular complexity index is 778. The van der Waals surface area contributed by atoms with E-state index in [1.165, 1.54) is 4.88 Å². The van der Waals surface area contributed by atoms with E-state index in [4.69, 9.17) is 4.99 Å². The number of rotatable bonds is 5. The van der Waals surface area contributed by atoms with Gasteiger partial charge in [0.05, 0.1) is 0 Å². The second kappa shape index (κ2) is 8.46. The maximum Gasteiger partial charge on any atom is 0.194 e. The topological polar surface area (TPSA) is 58.3 Å². The van der Waals surface area contributed by atoms with Gasteiger partial charge in [-0.05, 0) is 38.6 Å². The largest absolute Gasteiger partial charge is 0.356 e. The van der Waals surface area contributed by atoms with E-state index >= 15 is 0 Å². The molecule has 0 atom stereocenters. The molecule has 1 saturated heterocycles. The molecule has 1 N–H and O–H groups in total. The normalized spacial score (nSPS) is 18.0. The number of nitrogens with one attached hydrogen (secondary N) is 1. The van der Waals surface area contributed by atoms with Gasteiger partial charge in [0.2, 0.25) is 0 Å². The maximum atomic E-state index is 4.88. The molecular weight excluding hydrogens is 471 g/mol. The van der Waals surface area contributed by atoms with E-state index in [9.17, 15) is 0 Å². The number of guanidine groups is 1. The molecule has 6 nitrogen and oxygen atoms in total. The quantitative estimate of drug-likeness (QED) is 0.386. The Morgan fingerprint density at radius 3 is 2.56 bits per heavy atom. The van der Waals surface area contributed by atoms with Gasteiger partial charge in [0.15, 0.2) is 11.8 Å². The Kier molecular flexibility index (Phi) is 6.94. The highest BCUT2D eigenvalue weighted by Crippen LogP contribution is 2.46. The van der Waals surface area contributed by atoms with Gasteiger partial charge in [0.25, 0.3) is 0 Å². The number of likely N-dealkylation sites (tertiary alicyclic amines) is 1. The van der Waals surface area contributed by atoms with Gasteiger partial charge in [-0.3, -0.25) is 0 Å². The molecule has 2 aromatic heterocycles. The fourth-order valence-corrected chi connectivity index (χ4v) is 3.83. The first-order chi connectivity index (χ1) is 12.2. The lowest BCUT2D eigenvalue weighted by atomic mass is 9.65. The smallest absolute Gasteiger partial charge is 0.194 e. The molecule has 8 heteroatoms. The lowest BCUT2D eigenvalue weighted by Gasteiger charge is -2.62. The third kappa shape index (κ3) is 4.47. The van der Waals surface area contributed by atoms with Crippen LogP contribution >= 0.6 is 35.3 Å². The number of aromatic nitrogens is 3. The zero-order chi connectivity index (χ0) is 18.9. The Morgan fingerprint density at radius 1 is 1.30 bits per heavy atom. The molecule has 0 spiro atoms. The highest BCUT2D eigenvalue weighted by Gasteiger charge is 2.53. The first kappa shape index (κ1) is 22.1. The molecule has 2 aromatic rings. The molecule has 0 saturated carbocycles. The lowest BCUT2D eigenvalue weighted by molar-refractivity contribution is -0.0668. The molecule has 0 aliphatic carbocycles. The number of aryl methyl sites for hydroxylation is 1. The monoisotopic (exact) mass is 502 g/mol. The third-order valence-corrected chi connectivity index (χ3v) is 6.86. The zero-order valence-electron chi connectivity index (χ0n) is 17.1. The number of hydrogen-bond donors (Lipinski definition) is 1. The SMILES string of the molecule is Cc1nnc(CN=C(NCCc2cccs2)N2CC(C)(C)C2(C)C)n1C.I. The van der Waals surface area contributed by atoms with Crippen LogP contribution in [-0.4, -0.2) is 44.3 Å². The fourth-order valence-electron chi connectivity index (χ4n) is 3.12. The minimum absolute atomic E-state index is 0. The van der Waals surface area contributed by atoms with E-state index in [-0.39, 0.29) is 34.9 Å². The van der Waals surface area contributed by atoms with Crippen LogP contribution in [0, 0.1) is 12.3 Å². The highest BCUT2D eigenvalue weighted by atomic mass is 127. The van der Waals surface area contributed by atoms with E-state index in [0.29, 0.717) is 6.54 Å². The summed E-state index contributed by atoms with van der Waals surface area (Å²) >= 11 is 1.80. The van der Waals surface area contributed by atoms with Gasteiger partial charge in [0.1, 0.15) is 12.4 Å². The molecule has 1 aliphatic rings. The highest BCUT2D eigenvalue weighted by molar-refractivity contribution is 14.0. The molecule has 1 fully saturated rings. The average Bonchev–Trinajstić information content (AvgIpc) is 3.21. The lowest BCUT2D eigenvalue weighted by Crippen LogP contribution is -2.72. The first-order valence-corrected chi connectivity index (χ1v) is 10.0. The van der Waals surface area contributed by atoms with E-state index in [2.05, 4.69) is 65.6 Å². The summed E-state index contributed by atoms with van der Waals surface area (Å²) in [6.45, 7) is 13.6. The predicted octanol–water partition coefficient (Wildman–Crippen LogP) is 3.61. The van der Waals surface area contributed by atoms with Crippen LogP contribution in [0.3, 0.4) is 0 Å². The van der Waals surface area contributed by atoms with Crippen molar-refractivity contribution in [3.63, 3.8) is 0 Å². The number of hydrogen-bond acceptors (Lipinski definition) is 4. The van der Waals surface area contributed by atoms with Crippen molar-refractivity contribution in [3.05, 3.63) is 34.0 Å². The van der Waals surface area contributed by atoms with Gasteiger partial charge >= 0.3 is 0 Å². The molecule has 0 aromatic carbocycles. The number of thiophene rings is 1. The minimum Gasteiger partial charge on any atom is -0.356 e. The molecule has 150 valence electrons. The number of nitrogens with zero attached hydrogens (tertiary/aromatic N) is 5. The summed E-state index contributed by atoms with van der Waals surface area (Å²) in [7, 11) is 1.99. The summed E-state index contributed by atoms with van der Waals surface area (Å²) in [5, 5.41) is 14.1. The second-order valence-electron chi connectivity index (χ2n) is 8.15. The molecule has 1 aliphatic heterocycles. The van der Waals surface area contributed by atoms with Crippen molar-refractivity contribution < 1.29 is 0 Å². The first-order valence-electron chi connectivity index (χ1n) is 9.15. The summed E-state index contributed by atoms with van der Waals surface area (Å²) in [5.74, 6) is 2.76. The minimum atomic E-state index is 0. The molecule has 3 rings (SSSR count). The fraction of sp³-hybridized carbons (Fsp3) is 0.632. The molecule has 0 radical (unpaired) electrons. The van der Waals surface area contributed by atoms with E-state index < -0.39 is 0 Å². The summed E-state index contributed by atoms with van der Waals surface area (Å²) in [5.41, 5.74) is 0.335. The van der Waals surface area contributed by atoms with Gasteiger partial charge in [-0.25, -0.2) is 4.99 Å². The van der Waals surface area contributed by atoms with Crippen LogP contribution < -0.4 is 5.32 Å². The Labute approximate surface area is 183 Å². The Balaban J connectivity index is 0.00000261. The molecular formula is C19H31IN6S. The Morgan fingerprint density at radius 2 is 2.04 bits per heavy atom. The van der Waals surface area contributed by atoms with Crippen LogP contribution in [0.25, 0.3) is 0 Å². The van der Waals surface area contributed by atoms with Crippen molar-refractivity contribution >= 4 is 41.3 Å². The average molecular weight is 502 g/mol. The van der Waals surface area contributed by atoms with Crippen molar-refractivity contribution in [3.8, 4) is 0 Å². The van der Waals surface area contributed by atoms with Crippen LogP contribution in [0.5, 0.6) is 0 Å². The van der Waals surface area contributed by atoms with Crippen LogP contribution in [0.2, 0.25) is 0 Å². The van der Waals surface area contributed by atoms with Crippen LogP contribution in [0.15, 0.2) is 22.5 Å². The van der Waals surface area contributed by atoms with Gasteiger partial charge in [-0.1, -0.05) is 19.9 Å². The molecule has 3 heterocycles. The molecule has 0 bridgehead atoms. The van der Waals surface area contributed by atoms with Gasteiger partial charge < -0.3 is 14.8 Å². The summed E-state index contributed by atoms with van der Waals surface area (Å²) in [4.78, 5) is 8.65. The van der Waals surface area contributed by atoms with Gasteiger partial charge in [0, 0.05) is 36.0 Å². The number of aliphatic imine (C=N–C) groups is 1. The van der Waals surface area contributed by atoms with Crippen molar-refractivity contribution in [2.45, 2.75) is 53.1 Å². The molecule has 27 heavy (non-hydrogen) atoms. The van der Waals surface area contributed by atoms with Crippen molar-refractivity contribution in [1.29, 1.82) is 0 Å². The zero-order valence-corrected chi connectivity index (χ0v) is 20.3. The predicted molar refractivity (Wildman–Crippen MR) is 123 cm³/mol. The summed E-state index contributed by atoms with van der Waals surface area (Å²) in [6.07, 6.45) is 1.01. The van der Waals surface area contributed by atoms with E-state index in [1.807, 2.05) is 18.5 Å². The molecule has 0 unspecified atom stereocenters. The standard InChI is InChI=1S/C19H30N6S.HI/c1-14-22-23-16(24(14)6)12-21-17(20-10-9-15-8-7-11-26-15)25-13-18(2,3)19(25,4)5;/h7-8,11H,9-10,12-13H2,1-6H3,(H,20,21);1H.